The average Bonchev–Trinajstić information content (AvgIpc) is 3.00. The lowest BCUT2D eigenvalue weighted by Gasteiger charge is -2.09. The minimum absolute atomic E-state index is 0.296. The van der Waals surface area contributed by atoms with E-state index in [1.54, 1.807) is 11.3 Å². The van der Waals surface area contributed by atoms with Crippen molar-refractivity contribution in [2.75, 3.05) is 6.54 Å². The number of carbonyl (C=O) groups is 1. The molecule has 0 fully saturated rings. The largest absolute Gasteiger partial charge is 0.573 e. The Labute approximate surface area is 153 Å². The first-order valence-corrected chi connectivity index (χ1v) is 9.34. The summed E-state index contributed by atoms with van der Waals surface area (Å²) in [5, 5.41) is 3.88. The van der Waals surface area contributed by atoms with Crippen LogP contribution in [0.15, 0.2) is 24.3 Å². The van der Waals surface area contributed by atoms with Gasteiger partial charge in [-0.1, -0.05) is 0 Å². The maximum absolute atomic E-state index is 12.1. The topological polar surface area (TPSA) is 51.2 Å². The fourth-order valence-electron chi connectivity index (χ4n) is 2.86. The van der Waals surface area contributed by atoms with Crippen molar-refractivity contribution in [1.29, 1.82) is 0 Å². The summed E-state index contributed by atoms with van der Waals surface area (Å²) < 4.78 is 40.1. The van der Waals surface area contributed by atoms with Crippen LogP contribution >= 0.6 is 11.3 Å². The van der Waals surface area contributed by atoms with Crippen LogP contribution in [0.5, 0.6) is 5.75 Å². The van der Waals surface area contributed by atoms with Gasteiger partial charge in [0, 0.05) is 23.4 Å². The van der Waals surface area contributed by atoms with Gasteiger partial charge in [-0.15, -0.1) is 24.5 Å². The highest BCUT2D eigenvalue weighted by atomic mass is 32.1. The number of nitrogens with zero attached hydrogens (tertiary/aromatic N) is 1. The lowest BCUT2D eigenvalue weighted by atomic mass is 10.0. The monoisotopic (exact) mass is 384 g/mol. The molecule has 0 radical (unpaired) electrons. The molecule has 1 amide bonds. The van der Waals surface area contributed by atoms with Crippen LogP contribution < -0.4 is 10.1 Å². The molecule has 4 nitrogen and oxygen atoms in total. The first-order chi connectivity index (χ1) is 12.4. The van der Waals surface area contributed by atoms with E-state index in [2.05, 4.69) is 15.0 Å². The summed E-state index contributed by atoms with van der Waals surface area (Å²) in [6.07, 6.45) is 1.48. The number of thiazole rings is 1. The van der Waals surface area contributed by atoms with Crippen LogP contribution in [-0.4, -0.2) is 23.8 Å². The highest BCUT2D eigenvalue weighted by molar-refractivity contribution is 7.11. The van der Waals surface area contributed by atoms with Crippen molar-refractivity contribution < 1.29 is 22.7 Å². The Morgan fingerprint density at radius 3 is 2.62 bits per heavy atom. The number of hydrogen-bond acceptors (Lipinski definition) is 4. The van der Waals surface area contributed by atoms with E-state index in [1.807, 2.05) is 0 Å². The van der Waals surface area contributed by atoms with Gasteiger partial charge in [0.1, 0.15) is 5.75 Å². The highest BCUT2D eigenvalue weighted by Gasteiger charge is 2.31. The first kappa shape index (κ1) is 18.7. The van der Waals surface area contributed by atoms with Gasteiger partial charge in [-0.3, -0.25) is 4.79 Å². The molecule has 1 heterocycles. The molecule has 8 heteroatoms. The van der Waals surface area contributed by atoms with Crippen molar-refractivity contribution in [3.8, 4) is 5.75 Å². The molecule has 0 saturated carbocycles. The number of hydrogen-bond donors (Lipinski definition) is 1. The number of ether oxygens (including phenoxy) is 1. The summed E-state index contributed by atoms with van der Waals surface area (Å²) in [6.45, 7) is 0.490. The van der Waals surface area contributed by atoms with Crippen LogP contribution in [-0.2, 0) is 19.3 Å². The number of aromatic nitrogens is 1. The summed E-state index contributed by atoms with van der Waals surface area (Å²) >= 11 is 1.77. The van der Waals surface area contributed by atoms with Crippen LogP contribution in [0.3, 0.4) is 0 Å². The predicted octanol–water partition coefficient (Wildman–Crippen LogP) is 4.28. The normalized spacial score (nSPS) is 14.0. The number of nitrogens with one attached hydrogen (secondary N) is 1. The zero-order valence-corrected chi connectivity index (χ0v) is 14.9. The van der Waals surface area contributed by atoms with Crippen LogP contribution in [0.2, 0.25) is 0 Å². The van der Waals surface area contributed by atoms with E-state index >= 15 is 0 Å². The summed E-state index contributed by atoms with van der Waals surface area (Å²) in [5.74, 6) is -0.663. The Morgan fingerprint density at radius 2 is 1.92 bits per heavy atom. The predicted molar refractivity (Wildman–Crippen MR) is 92.5 cm³/mol. The fourth-order valence-corrected chi connectivity index (χ4v) is 4.06. The second-order valence-electron chi connectivity index (χ2n) is 6.12. The molecule has 0 bridgehead atoms. The van der Waals surface area contributed by atoms with Gasteiger partial charge in [0.25, 0.3) is 5.91 Å². The van der Waals surface area contributed by atoms with Gasteiger partial charge in [0.05, 0.1) is 10.7 Å². The summed E-state index contributed by atoms with van der Waals surface area (Å²) in [6, 6.07) is 4.88. The maximum atomic E-state index is 12.1. The molecule has 1 aliphatic rings. The Morgan fingerprint density at radius 1 is 1.19 bits per heavy atom. The molecule has 3 rings (SSSR count). The zero-order chi connectivity index (χ0) is 18.6. The van der Waals surface area contributed by atoms with Crippen LogP contribution in [0, 0.1) is 0 Å². The molecule has 140 valence electrons. The van der Waals surface area contributed by atoms with Crippen molar-refractivity contribution in [2.24, 2.45) is 0 Å². The fraction of sp³-hybridized carbons (Fsp3) is 0.444. The second kappa shape index (κ2) is 8.07. The van der Waals surface area contributed by atoms with Crippen molar-refractivity contribution in [1.82, 2.24) is 10.3 Å². The van der Waals surface area contributed by atoms with E-state index in [0.29, 0.717) is 12.1 Å². The SMILES string of the molecule is O=C(NCCCc1nc2c(s1)CCCC2)c1ccc(OC(F)(F)F)cc1. The minimum atomic E-state index is -4.74. The molecule has 0 spiro atoms. The number of alkyl halides is 3. The third-order valence-corrected chi connectivity index (χ3v) is 5.31. The van der Waals surface area contributed by atoms with E-state index in [-0.39, 0.29) is 11.7 Å². The van der Waals surface area contributed by atoms with Crippen LogP contribution in [0.25, 0.3) is 0 Å². The van der Waals surface area contributed by atoms with E-state index in [0.717, 1.165) is 42.8 Å². The Bertz CT molecular complexity index is 733. The van der Waals surface area contributed by atoms with Gasteiger partial charge in [-0.05, 0) is 56.4 Å². The molecular weight excluding hydrogens is 365 g/mol. The van der Waals surface area contributed by atoms with Crippen molar-refractivity contribution in [3.63, 3.8) is 0 Å². The quantitative estimate of drug-likeness (QED) is 0.756. The van der Waals surface area contributed by atoms with Gasteiger partial charge in [0.2, 0.25) is 0 Å². The third kappa shape index (κ3) is 5.20. The van der Waals surface area contributed by atoms with Crippen molar-refractivity contribution in [2.45, 2.75) is 44.9 Å². The molecule has 1 N–H and O–H groups in total. The highest BCUT2D eigenvalue weighted by Crippen LogP contribution is 2.27. The van der Waals surface area contributed by atoms with E-state index in [4.69, 9.17) is 0 Å². The lowest BCUT2D eigenvalue weighted by Crippen LogP contribution is -2.24. The number of fused-ring (bicyclic) bond motifs is 1. The Hall–Kier alpha value is -2.09. The maximum Gasteiger partial charge on any atom is 0.573 e. The molecule has 1 aromatic carbocycles. The molecule has 0 unspecified atom stereocenters. The molecule has 0 saturated heterocycles. The Kier molecular flexibility index (Phi) is 5.80. The van der Waals surface area contributed by atoms with Crippen LogP contribution in [0.1, 0.15) is 45.2 Å². The van der Waals surface area contributed by atoms with Gasteiger partial charge in [0.15, 0.2) is 0 Å². The number of halogens is 3. The van der Waals surface area contributed by atoms with E-state index in [1.165, 1.54) is 35.5 Å². The first-order valence-electron chi connectivity index (χ1n) is 8.52. The second-order valence-corrected chi connectivity index (χ2v) is 7.28. The lowest BCUT2D eigenvalue weighted by molar-refractivity contribution is -0.274. The number of rotatable bonds is 6. The van der Waals surface area contributed by atoms with Crippen molar-refractivity contribution in [3.05, 3.63) is 45.4 Å². The van der Waals surface area contributed by atoms with Gasteiger partial charge < -0.3 is 10.1 Å². The number of aryl methyl sites for hydroxylation is 3. The molecule has 1 aromatic heterocycles. The number of carbonyl (C=O) groups excluding carboxylic acids is 1. The minimum Gasteiger partial charge on any atom is -0.406 e. The summed E-state index contributed by atoms with van der Waals surface area (Å²) in [7, 11) is 0. The molecule has 0 atom stereocenters. The molecular formula is C18H19F3N2O2S. The molecule has 2 aromatic rings. The standard InChI is InChI=1S/C18H19F3N2O2S/c19-18(20,21)25-13-9-7-12(8-10-13)17(24)22-11-3-6-16-23-14-4-1-2-5-15(14)26-16/h7-10H,1-6,11H2,(H,22,24). The van der Waals surface area contributed by atoms with E-state index in [9.17, 15) is 18.0 Å². The van der Waals surface area contributed by atoms with Crippen LogP contribution in [0.4, 0.5) is 13.2 Å². The molecule has 0 aliphatic heterocycles. The average molecular weight is 384 g/mol. The number of benzene rings is 1. The molecule has 26 heavy (non-hydrogen) atoms. The third-order valence-electron chi connectivity index (χ3n) is 4.09. The molecule has 1 aliphatic carbocycles. The Balaban J connectivity index is 1.43. The smallest absolute Gasteiger partial charge is 0.406 e. The number of amides is 1. The summed E-state index contributed by atoms with van der Waals surface area (Å²) in [5.41, 5.74) is 1.53. The van der Waals surface area contributed by atoms with Gasteiger partial charge >= 0.3 is 6.36 Å². The zero-order valence-electron chi connectivity index (χ0n) is 14.1. The van der Waals surface area contributed by atoms with Crippen molar-refractivity contribution >= 4 is 17.2 Å². The van der Waals surface area contributed by atoms with Gasteiger partial charge in [-0.25, -0.2) is 4.98 Å². The summed E-state index contributed by atoms with van der Waals surface area (Å²) in [4.78, 5) is 18.1. The van der Waals surface area contributed by atoms with Gasteiger partial charge in [-0.2, -0.15) is 0 Å². The van der Waals surface area contributed by atoms with E-state index < -0.39 is 6.36 Å².